The Kier molecular flexibility index (Phi) is 5.83. The molecule has 0 aliphatic heterocycles. The number of nitrogens with zero attached hydrogens (tertiary/aromatic N) is 4. The lowest BCUT2D eigenvalue weighted by atomic mass is 10.2. The summed E-state index contributed by atoms with van der Waals surface area (Å²) in [7, 11) is -3.89. The average molecular weight is 470 g/mol. The molecule has 7 nitrogen and oxygen atoms in total. The van der Waals surface area contributed by atoms with Crippen LogP contribution in [0, 0.1) is 27.7 Å². The fourth-order valence-electron chi connectivity index (χ4n) is 3.81. The molecule has 32 heavy (non-hydrogen) atoms. The van der Waals surface area contributed by atoms with E-state index in [-0.39, 0.29) is 4.90 Å². The van der Waals surface area contributed by atoms with Crippen molar-refractivity contribution in [3.63, 3.8) is 0 Å². The number of nitrogens with one attached hydrogen (secondary N) is 1. The molecule has 0 atom stereocenters. The molecule has 0 aliphatic carbocycles. The van der Waals surface area contributed by atoms with Crippen LogP contribution in [0.5, 0.6) is 0 Å². The zero-order chi connectivity index (χ0) is 23.0. The van der Waals surface area contributed by atoms with Crippen LogP contribution in [0.25, 0.3) is 5.69 Å². The number of halogens is 1. The lowest BCUT2D eigenvalue weighted by molar-refractivity contribution is 0.600. The molecule has 2 heterocycles. The lowest BCUT2D eigenvalue weighted by Gasteiger charge is -2.10. The summed E-state index contributed by atoms with van der Waals surface area (Å²) in [6.45, 7) is 7.50. The Morgan fingerprint density at radius 2 is 1.53 bits per heavy atom. The van der Waals surface area contributed by atoms with Gasteiger partial charge in [-0.3, -0.25) is 9.40 Å². The van der Waals surface area contributed by atoms with Gasteiger partial charge in [-0.05, 0) is 51.5 Å². The maximum atomic E-state index is 13.4. The van der Waals surface area contributed by atoms with Crippen LogP contribution in [0.2, 0.25) is 5.02 Å². The van der Waals surface area contributed by atoms with Crippen molar-refractivity contribution in [1.82, 2.24) is 19.6 Å². The van der Waals surface area contributed by atoms with E-state index in [0.717, 1.165) is 11.3 Å². The SMILES string of the molecule is Cc1nn(Cc2ccccc2Cl)c(C)c1NS(=O)(=O)c1c(C)nn(-c2ccccc2)c1C. The number of hydrogen-bond acceptors (Lipinski definition) is 4. The Hall–Kier alpha value is -3.10. The van der Waals surface area contributed by atoms with Gasteiger partial charge in [-0.1, -0.05) is 48.0 Å². The number of rotatable bonds is 6. The number of aromatic nitrogens is 4. The first-order valence-electron chi connectivity index (χ1n) is 10.1. The van der Waals surface area contributed by atoms with Crippen molar-refractivity contribution in [3.05, 3.63) is 88.0 Å². The highest BCUT2D eigenvalue weighted by Gasteiger charge is 2.27. The summed E-state index contributed by atoms with van der Waals surface area (Å²) in [5, 5.41) is 9.64. The normalized spacial score (nSPS) is 11.7. The van der Waals surface area contributed by atoms with Crippen LogP contribution in [0.1, 0.15) is 28.3 Å². The van der Waals surface area contributed by atoms with Crippen LogP contribution >= 0.6 is 11.6 Å². The van der Waals surface area contributed by atoms with E-state index < -0.39 is 10.0 Å². The molecule has 9 heteroatoms. The highest BCUT2D eigenvalue weighted by atomic mass is 35.5. The van der Waals surface area contributed by atoms with Crippen molar-refractivity contribution in [3.8, 4) is 5.69 Å². The number of para-hydroxylation sites is 1. The Balaban J connectivity index is 1.69. The van der Waals surface area contributed by atoms with Gasteiger partial charge in [0, 0.05) is 5.02 Å². The molecular formula is C23H24ClN5O2S. The Morgan fingerprint density at radius 1 is 0.875 bits per heavy atom. The number of hydrogen-bond donors (Lipinski definition) is 1. The predicted octanol–water partition coefficient (Wildman–Crippen LogP) is 4.80. The highest BCUT2D eigenvalue weighted by Crippen LogP contribution is 2.28. The van der Waals surface area contributed by atoms with Gasteiger partial charge in [-0.2, -0.15) is 10.2 Å². The van der Waals surface area contributed by atoms with E-state index in [1.807, 2.05) is 61.5 Å². The van der Waals surface area contributed by atoms with E-state index >= 15 is 0 Å². The van der Waals surface area contributed by atoms with Crippen LogP contribution < -0.4 is 4.72 Å². The molecule has 4 rings (SSSR count). The van der Waals surface area contributed by atoms with Crippen LogP contribution in [-0.4, -0.2) is 28.0 Å². The number of aryl methyl sites for hydroxylation is 2. The maximum Gasteiger partial charge on any atom is 0.265 e. The minimum absolute atomic E-state index is 0.166. The minimum atomic E-state index is -3.89. The summed E-state index contributed by atoms with van der Waals surface area (Å²) in [6, 6.07) is 17.0. The number of anilines is 1. The van der Waals surface area contributed by atoms with Crippen molar-refractivity contribution >= 4 is 27.3 Å². The van der Waals surface area contributed by atoms with Crippen LogP contribution in [-0.2, 0) is 16.6 Å². The second-order valence-electron chi connectivity index (χ2n) is 7.65. The Bertz CT molecular complexity index is 1390. The summed E-state index contributed by atoms with van der Waals surface area (Å²) in [5.74, 6) is 0. The lowest BCUT2D eigenvalue weighted by Crippen LogP contribution is -2.16. The molecule has 4 aromatic rings. The topological polar surface area (TPSA) is 81.8 Å². The molecule has 166 valence electrons. The number of benzene rings is 2. The summed E-state index contributed by atoms with van der Waals surface area (Å²) < 4.78 is 32.9. The van der Waals surface area contributed by atoms with Gasteiger partial charge in [0.25, 0.3) is 10.0 Å². The van der Waals surface area contributed by atoms with Gasteiger partial charge in [-0.15, -0.1) is 0 Å². The van der Waals surface area contributed by atoms with Gasteiger partial charge in [0.15, 0.2) is 0 Å². The minimum Gasteiger partial charge on any atom is -0.276 e. The first-order valence-corrected chi connectivity index (χ1v) is 12.0. The third-order valence-electron chi connectivity index (χ3n) is 5.39. The molecule has 0 unspecified atom stereocenters. The fourth-order valence-corrected chi connectivity index (χ4v) is 5.58. The molecule has 0 aliphatic rings. The van der Waals surface area contributed by atoms with Crippen molar-refractivity contribution in [2.24, 2.45) is 0 Å². The molecule has 0 fully saturated rings. The van der Waals surface area contributed by atoms with Gasteiger partial charge in [-0.25, -0.2) is 13.1 Å². The molecular weight excluding hydrogens is 446 g/mol. The molecule has 2 aromatic heterocycles. The van der Waals surface area contributed by atoms with Crippen molar-refractivity contribution in [2.75, 3.05) is 4.72 Å². The highest BCUT2D eigenvalue weighted by molar-refractivity contribution is 7.92. The quantitative estimate of drug-likeness (QED) is 0.439. The first-order chi connectivity index (χ1) is 15.2. The second-order valence-corrected chi connectivity index (χ2v) is 9.67. The molecule has 0 bridgehead atoms. The first kappa shape index (κ1) is 22.1. The summed E-state index contributed by atoms with van der Waals surface area (Å²) in [4.78, 5) is 0.166. The van der Waals surface area contributed by atoms with Crippen LogP contribution in [0.3, 0.4) is 0 Å². The zero-order valence-corrected chi connectivity index (χ0v) is 19.9. The largest absolute Gasteiger partial charge is 0.276 e. The maximum absolute atomic E-state index is 13.4. The smallest absolute Gasteiger partial charge is 0.265 e. The molecule has 0 saturated carbocycles. The Labute approximate surface area is 192 Å². The summed E-state index contributed by atoms with van der Waals surface area (Å²) >= 11 is 6.29. The van der Waals surface area contributed by atoms with Crippen LogP contribution in [0.15, 0.2) is 59.5 Å². The van der Waals surface area contributed by atoms with E-state index in [9.17, 15) is 8.42 Å². The van der Waals surface area contributed by atoms with E-state index in [2.05, 4.69) is 14.9 Å². The average Bonchev–Trinajstić information content (AvgIpc) is 3.20. The van der Waals surface area contributed by atoms with E-state index in [0.29, 0.717) is 40.0 Å². The third-order valence-corrected chi connectivity index (χ3v) is 7.36. The van der Waals surface area contributed by atoms with Gasteiger partial charge in [0.1, 0.15) is 4.90 Å². The number of sulfonamides is 1. The molecule has 1 N–H and O–H groups in total. The molecule has 0 spiro atoms. The Morgan fingerprint density at radius 3 is 2.22 bits per heavy atom. The van der Waals surface area contributed by atoms with E-state index in [1.165, 1.54) is 0 Å². The van der Waals surface area contributed by atoms with E-state index in [4.69, 9.17) is 11.6 Å². The molecule has 0 saturated heterocycles. The van der Waals surface area contributed by atoms with Gasteiger partial charge in [0.05, 0.1) is 40.7 Å². The molecule has 0 radical (unpaired) electrons. The van der Waals surface area contributed by atoms with E-state index in [1.54, 1.807) is 30.1 Å². The molecule has 2 aromatic carbocycles. The van der Waals surface area contributed by atoms with Gasteiger partial charge < -0.3 is 0 Å². The monoisotopic (exact) mass is 469 g/mol. The summed E-state index contributed by atoms with van der Waals surface area (Å²) in [5.41, 5.74) is 4.43. The van der Waals surface area contributed by atoms with Gasteiger partial charge in [0.2, 0.25) is 0 Å². The van der Waals surface area contributed by atoms with Crippen LogP contribution in [0.4, 0.5) is 5.69 Å². The molecule has 0 amide bonds. The van der Waals surface area contributed by atoms with Gasteiger partial charge >= 0.3 is 0 Å². The van der Waals surface area contributed by atoms with Crippen molar-refractivity contribution in [2.45, 2.75) is 39.1 Å². The zero-order valence-electron chi connectivity index (χ0n) is 18.3. The second kappa shape index (κ2) is 8.44. The predicted molar refractivity (Wildman–Crippen MR) is 126 cm³/mol. The third kappa shape index (κ3) is 4.03. The van der Waals surface area contributed by atoms with Crippen molar-refractivity contribution < 1.29 is 8.42 Å². The standard InChI is InChI=1S/C23H24ClN5O2S/c1-15-22(17(3)28(25-15)14-19-10-8-9-13-21(19)24)27-32(30,31)23-16(2)26-29(18(23)4)20-11-6-5-7-12-20/h5-13,27H,14H2,1-4H3. The summed E-state index contributed by atoms with van der Waals surface area (Å²) in [6.07, 6.45) is 0. The fraction of sp³-hybridized carbons (Fsp3) is 0.217. The van der Waals surface area contributed by atoms with Crippen molar-refractivity contribution in [1.29, 1.82) is 0 Å².